The molecule has 0 bridgehead atoms. The minimum atomic E-state index is -1.11. The van der Waals surface area contributed by atoms with Crippen LogP contribution in [0.2, 0.25) is 0 Å². The molecule has 198 valence electrons. The molecule has 1 amide bonds. The zero-order chi connectivity index (χ0) is 26.8. The molecule has 2 atom stereocenters. The molecule has 0 fully saturated rings. The van der Waals surface area contributed by atoms with E-state index in [1.165, 1.54) is 17.1 Å². The zero-order valence-electron chi connectivity index (χ0n) is 21.2. The Balaban J connectivity index is 0.00000222. The van der Waals surface area contributed by atoms with E-state index in [2.05, 4.69) is 26.0 Å². The largest absolute Gasteiger partial charge is 0.394 e. The fraction of sp³-hybridized carbons (Fsp3) is 0.458. The van der Waals surface area contributed by atoms with E-state index in [0.29, 0.717) is 18.2 Å². The van der Waals surface area contributed by atoms with Crippen LogP contribution in [0.5, 0.6) is 0 Å². The van der Waals surface area contributed by atoms with Crippen molar-refractivity contribution in [3.05, 3.63) is 53.5 Å². The van der Waals surface area contributed by atoms with Gasteiger partial charge in [-0.15, -0.1) is 0 Å². The van der Waals surface area contributed by atoms with Crippen molar-refractivity contribution in [2.75, 3.05) is 38.6 Å². The average Bonchev–Trinajstić information content (AvgIpc) is 3.29. The van der Waals surface area contributed by atoms with Gasteiger partial charge in [0.1, 0.15) is 6.54 Å². The lowest BCUT2D eigenvalue weighted by Gasteiger charge is -2.31. The summed E-state index contributed by atoms with van der Waals surface area (Å²) in [6, 6.07) is 3.44. The Labute approximate surface area is 210 Å². The second-order valence-electron chi connectivity index (χ2n) is 7.92. The van der Waals surface area contributed by atoms with Crippen molar-refractivity contribution in [1.29, 1.82) is 0 Å². The second kappa shape index (κ2) is 13.7. The van der Waals surface area contributed by atoms with Gasteiger partial charge in [-0.2, -0.15) is 0 Å². The number of benzene rings is 1. The number of anilines is 1. The molecular weight excluding hydrogens is 472 g/mol. The minimum Gasteiger partial charge on any atom is -0.394 e. The van der Waals surface area contributed by atoms with Gasteiger partial charge in [0.25, 0.3) is 0 Å². The summed E-state index contributed by atoms with van der Waals surface area (Å²) < 4.78 is 27.2. The summed E-state index contributed by atoms with van der Waals surface area (Å²) in [4.78, 5) is 23.3. The Morgan fingerprint density at radius 2 is 2.14 bits per heavy atom. The van der Waals surface area contributed by atoms with Gasteiger partial charge >= 0.3 is 0 Å². The van der Waals surface area contributed by atoms with Gasteiger partial charge in [-0.3, -0.25) is 14.8 Å². The molecule has 0 aliphatic carbocycles. The van der Waals surface area contributed by atoms with Crippen molar-refractivity contribution >= 4 is 23.3 Å². The highest BCUT2D eigenvalue weighted by Gasteiger charge is 2.33. The van der Waals surface area contributed by atoms with E-state index < -0.39 is 23.6 Å². The third-order valence-electron chi connectivity index (χ3n) is 5.24. The van der Waals surface area contributed by atoms with E-state index in [4.69, 9.17) is 5.11 Å². The number of carbonyl (C=O) groups excluding carboxylic acids is 1. The van der Waals surface area contributed by atoms with Crippen LogP contribution in [-0.2, 0) is 4.79 Å². The number of hydrogen-bond donors (Lipinski definition) is 5. The van der Waals surface area contributed by atoms with Gasteiger partial charge in [-0.25, -0.2) is 14.2 Å². The number of amidine groups is 2. The molecule has 3 rings (SSSR count). The number of fused-ring (bicyclic) bond motifs is 1. The van der Waals surface area contributed by atoms with Crippen molar-refractivity contribution < 1.29 is 23.8 Å². The summed E-state index contributed by atoms with van der Waals surface area (Å²) in [7, 11) is 1.64. The van der Waals surface area contributed by atoms with Crippen molar-refractivity contribution in [2.45, 2.75) is 39.8 Å². The fourth-order valence-electron chi connectivity index (χ4n) is 3.52. The molecule has 2 unspecified atom stereocenters. The first kappa shape index (κ1) is 28.9. The van der Waals surface area contributed by atoms with Gasteiger partial charge in [0.15, 0.2) is 23.3 Å². The zero-order valence-corrected chi connectivity index (χ0v) is 21.2. The molecule has 0 radical (unpaired) electrons. The summed E-state index contributed by atoms with van der Waals surface area (Å²) in [6.07, 6.45) is 2.70. The van der Waals surface area contributed by atoms with E-state index in [0.717, 1.165) is 17.3 Å². The van der Waals surface area contributed by atoms with E-state index in [1.54, 1.807) is 13.2 Å². The smallest absolute Gasteiger partial charge is 0.245 e. The Morgan fingerprint density at radius 1 is 1.42 bits per heavy atom. The van der Waals surface area contributed by atoms with Crippen molar-refractivity contribution in [3.63, 3.8) is 0 Å². The number of nitrogens with zero attached hydrogens (tertiary/aromatic N) is 4. The van der Waals surface area contributed by atoms with Gasteiger partial charge in [-0.1, -0.05) is 19.9 Å². The Kier molecular flexibility index (Phi) is 11.0. The molecule has 12 heteroatoms. The standard InChI is InChI=1S/C22H29F2N7O3.C2H6/c1-13(9-30(25-3)11-19(34)29-17-6-4-5-16(23)20(17)24)18-8-27-22-21(26-7-15(33)12-32)28-14(2)10-31(18)22;1-2/h4-6,9-10,15,18,25,32-33H,7-8,11-12H2,1-3H3,(H,26,28)(H,29,34);1-2H3/b13-9+;. The summed E-state index contributed by atoms with van der Waals surface area (Å²) in [5, 5.41) is 25.7. The number of hydrogen-bond acceptors (Lipinski definition) is 8. The summed E-state index contributed by atoms with van der Waals surface area (Å²) in [6.45, 7) is 7.72. The lowest BCUT2D eigenvalue weighted by Crippen LogP contribution is -2.47. The van der Waals surface area contributed by atoms with Crippen molar-refractivity contribution in [1.82, 2.24) is 20.7 Å². The lowest BCUT2D eigenvalue weighted by atomic mass is 10.1. The number of amides is 1. The molecular formula is C24H35F2N7O3. The monoisotopic (exact) mass is 507 g/mol. The number of aliphatic hydroxyl groups is 2. The third-order valence-corrected chi connectivity index (χ3v) is 5.24. The number of halogens is 2. The molecule has 2 aliphatic rings. The average molecular weight is 508 g/mol. The van der Waals surface area contributed by atoms with Crippen LogP contribution in [0.1, 0.15) is 27.7 Å². The second-order valence-corrected chi connectivity index (χ2v) is 7.92. The molecule has 0 saturated carbocycles. The molecule has 1 aromatic carbocycles. The number of aliphatic hydroxyl groups excluding tert-OH is 2. The van der Waals surface area contributed by atoms with Gasteiger partial charge < -0.3 is 30.8 Å². The van der Waals surface area contributed by atoms with Crippen molar-refractivity contribution in [3.8, 4) is 0 Å². The predicted molar refractivity (Wildman–Crippen MR) is 136 cm³/mol. The van der Waals surface area contributed by atoms with Crippen LogP contribution in [0, 0.1) is 11.6 Å². The molecule has 1 aromatic rings. The highest BCUT2D eigenvalue weighted by Crippen LogP contribution is 2.23. The summed E-state index contributed by atoms with van der Waals surface area (Å²) in [5.74, 6) is -1.56. The van der Waals surface area contributed by atoms with Gasteiger partial charge in [0.2, 0.25) is 5.91 Å². The Bertz CT molecular complexity index is 1040. The number of nitrogens with one attached hydrogen (secondary N) is 3. The first-order valence-corrected chi connectivity index (χ1v) is 11.7. The first-order chi connectivity index (χ1) is 17.2. The summed E-state index contributed by atoms with van der Waals surface area (Å²) >= 11 is 0. The molecule has 36 heavy (non-hydrogen) atoms. The van der Waals surface area contributed by atoms with Crippen LogP contribution in [0.15, 0.2) is 51.9 Å². The maximum Gasteiger partial charge on any atom is 0.245 e. The van der Waals surface area contributed by atoms with Crippen LogP contribution in [0.4, 0.5) is 14.5 Å². The predicted octanol–water partition coefficient (Wildman–Crippen LogP) is 1.57. The maximum absolute atomic E-state index is 13.8. The van der Waals surface area contributed by atoms with Gasteiger partial charge in [0.05, 0.1) is 37.5 Å². The van der Waals surface area contributed by atoms with Crippen LogP contribution < -0.4 is 16.1 Å². The quantitative estimate of drug-likeness (QED) is 0.322. The van der Waals surface area contributed by atoms with Crippen LogP contribution in [-0.4, -0.2) is 83.1 Å². The van der Waals surface area contributed by atoms with Gasteiger partial charge in [0, 0.05) is 25.1 Å². The van der Waals surface area contributed by atoms with Crippen LogP contribution in [0.25, 0.3) is 0 Å². The number of carbonyl (C=O) groups is 1. The Morgan fingerprint density at radius 3 is 2.81 bits per heavy atom. The SMILES string of the molecule is CC.CNN(/C=C(\C)C1CN=C2C(=NCC(O)CO)NC(C)=CN21)CC(=O)Nc1cccc(F)c1F. The molecule has 5 N–H and O–H groups in total. The highest BCUT2D eigenvalue weighted by atomic mass is 19.2. The van der Waals surface area contributed by atoms with E-state index in [9.17, 15) is 18.7 Å². The molecule has 0 saturated heterocycles. The number of hydrazine groups is 1. The molecule has 0 aromatic heterocycles. The van der Waals surface area contributed by atoms with E-state index in [1.807, 2.05) is 38.8 Å². The lowest BCUT2D eigenvalue weighted by molar-refractivity contribution is -0.117. The molecule has 10 nitrogen and oxygen atoms in total. The third kappa shape index (κ3) is 7.33. The Hall–Kier alpha value is -3.35. The number of allylic oxidation sites excluding steroid dienone is 1. The topological polar surface area (TPSA) is 125 Å². The summed E-state index contributed by atoms with van der Waals surface area (Å²) in [5.41, 5.74) is 4.39. The fourth-order valence-corrected chi connectivity index (χ4v) is 3.52. The maximum atomic E-state index is 13.8. The molecule has 2 aliphatic heterocycles. The molecule has 0 spiro atoms. The van der Waals surface area contributed by atoms with E-state index >= 15 is 0 Å². The normalized spacial score (nSPS) is 18.9. The van der Waals surface area contributed by atoms with E-state index in [-0.39, 0.29) is 31.4 Å². The van der Waals surface area contributed by atoms with Crippen molar-refractivity contribution in [2.24, 2.45) is 9.98 Å². The van der Waals surface area contributed by atoms with Crippen LogP contribution >= 0.6 is 0 Å². The minimum absolute atomic E-state index is 0.0347. The van der Waals surface area contributed by atoms with Gasteiger partial charge in [-0.05, 0) is 31.6 Å². The first-order valence-electron chi connectivity index (χ1n) is 11.7. The molecule has 2 heterocycles. The number of rotatable bonds is 9. The highest BCUT2D eigenvalue weighted by molar-refractivity contribution is 6.42. The van der Waals surface area contributed by atoms with Crippen LogP contribution in [0.3, 0.4) is 0 Å². The number of aliphatic imine (C=N–C) groups is 2.